The number of benzene rings is 11. The summed E-state index contributed by atoms with van der Waals surface area (Å²) in [6.07, 6.45) is 0. The van der Waals surface area contributed by atoms with Crippen LogP contribution in [0.15, 0.2) is 201 Å². The highest BCUT2D eigenvalue weighted by Crippen LogP contribution is 2.45. The minimum absolute atomic E-state index is 0. The van der Waals surface area contributed by atoms with Crippen molar-refractivity contribution in [2.75, 3.05) is 22.1 Å². The second-order valence-electron chi connectivity index (χ2n) is 18.8. The Labute approximate surface area is 581 Å². The Kier molecular flexibility index (Phi) is 24.4. The monoisotopic (exact) mass is 1440 g/mol. The zero-order valence-corrected chi connectivity index (χ0v) is 54.1. The Morgan fingerprint density at radius 3 is 0.957 bits per heavy atom. The number of amides is 2. The van der Waals surface area contributed by atoms with Crippen LogP contribution in [-0.4, -0.2) is 40.8 Å². The number of nitrogens with zero attached hydrogens (tertiary/aromatic N) is 6. The van der Waals surface area contributed by atoms with Crippen molar-refractivity contribution < 1.29 is 29.7 Å². The lowest BCUT2D eigenvalue weighted by Crippen LogP contribution is -2.14. The molecule has 0 aliphatic heterocycles. The summed E-state index contributed by atoms with van der Waals surface area (Å²) in [5.74, 6) is -2.72. The molecule has 16 nitrogen and oxygen atoms in total. The first kappa shape index (κ1) is 71.3. The third kappa shape index (κ3) is 16.7. The van der Waals surface area contributed by atoms with Crippen LogP contribution < -0.4 is 22.1 Å². The van der Waals surface area contributed by atoms with Gasteiger partial charge in [-0.1, -0.05) is 196 Å². The average molecular weight is 1450 g/mol. The summed E-state index contributed by atoms with van der Waals surface area (Å²) in [5, 5.41) is 69.0. The molecule has 0 bridgehead atoms. The molecule has 2 amide bonds. The van der Waals surface area contributed by atoms with Crippen molar-refractivity contribution >= 4 is 242 Å². The van der Waals surface area contributed by atoms with Crippen LogP contribution in [-0.2, 0) is 0 Å². The Balaban J connectivity index is 0.000000273. The number of carbonyl (C=O) groups is 3. The van der Waals surface area contributed by atoms with E-state index in [0.717, 1.165) is 0 Å². The first-order valence-corrected chi connectivity index (χ1v) is 29.8. The van der Waals surface area contributed by atoms with Gasteiger partial charge >= 0.3 is 0 Å². The number of phenolic OH excluding ortho intramolecular Hbond substituents is 3. The third-order valence-electron chi connectivity index (χ3n) is 12.9. The maximum absolute atomic E-state index is 13.7. The molecule has 3 radical (unpaired) electrons. The normalized spacial score (nSPS) is 11.0. The molecule has 0 fully saturated rings. The topological polar surface area (TPSA) is 262 Å². The van der Waals surface area contributed by atoms with Gasteiger partial charge in [-0.3, -0.25) is 14.4 Å². The fourth-order valence-corrected chi connectivity index (χ4v) is 10.7. The molecule has 0 aliphatic rings. The number of nitrogen functional groups attached to an aromatic ring is 2. The molecule has 463 valence electrons. The number of hydrogen-bond donors (Lipinski definition) is 7. The quantitative estimate of drug-likeness (QED) is 0.0283. The lowest BCUT2D eigenvalue weighted by Gasteiger charge is -2.15. The zero-order chi connectivity index (χ0) is 64.7. The van der Waals surface area contributed by atoms with Gasteiger partial charge in [-0.05, 0) is 125 Å². The molecule has 11 aromatic carbocycles. The van der Waals surface area contributed by atoms with E-state index in [-0.39, 0.29) is 86.8 Å². The van der Waals surface area contributed by atoms with E-state index >= 15 is 0 Å². The number of rotatable bonds is 11. The van der Waals surface area contributed by atoms with Gasteiger partial charge in [-0.25, -0.2) is 0 Å². The summed E-state index contributed by atoms with van der Waals surface area (Å²) in [5.41, 5.74) is 12.7. The molecule has 28 heteroatoms. The Bertz CT molecular complexity index is 4570. The number of azo groups is 3. The van der Waals surface area contributed by atoms with Crippen molar-refractivity contribution in [3.63, 3.8) is 0 Å². The Hall–Kier alpha value is -8.14. The number of carbonyl (C=O) groups excluding carboxylic acids is 3. The van der Waals surface area contributed by atoms with Crippen LogP contribution in [0.4, 0.5) is 56.9 Å². The number of fused-ring (bicyclic) bond motifs is 3. The molecular formula is C64H41BCl11N10O6. The van der Waals surface area contributed by atoms with E-state index in [1.54, 1.807) is 109 Å². The largest absolute Gasteiger partial charge is 0.505 e. The maximum Gasteiger partial charge on any atom is 0.259 e. The number of nitrogens with two attached hydrogens (primary N) is 2. The van der Waals surface area contributed by atoms with Crippen LogP contribution >= 0.6 is 128 Å². The first-order chi connectivity index (χ1) is 42.9. The van der Waals surface area contributed by atoms with Crippen LogP contribution in [0.2, 0.25) is 50.2 Å². The maximum atomic E-state index is 13.7. The summed E-state index contributed by atoms with van der Waals surface area (Å²) >= 11 is 66.4. The molecule has 0 atom stereocenters. The van der Waals surface area contributed by atoms with E-state index in [1.165, 1.54) is 60.7 Å². The summed E-state index contributed by atoms with van der Waals surface area (Å²) in [6, 6.07) is 45.4. The van der Waals surface area contributed by atoms with Crippen LogP contribution in [0.1, 0.15) is 38.5 Å². The molecule has 0 heterocycles. The predicted molar refractivity (Wildman–Crippen MR) is 379 cm³/mol. The van der Waals surface area contributed by atoms with Crippen molar-refractivity contribution in [2.24, 2.45) is 30.7 Å². The van der Waals surface area contributed by atoms with Crippen LogP contribution in [0.5, 0.6) is 17.2 Å². The van der Waals surface area contributed by atoms with Gasteiger partial charge in [0.2, 0.25) is 0 Å². The fraction of sp³-hybridized carbons (Fsp3) is 0.0156. The molecule has 9 N–H and O–H groups in total. The first-order valence-electron chi connectivity index (χ1n) is 25.6. The smallest absolute Gasteiger partial charge is 0.259 e. The van der Waals surface area contributed by atoms with E-state index in [0.29, 0.717) is 90.9 Å². The van der Waals surface area contributed by atoms with E-state index in [2.05, 4.69) is 41.3 Å². The SMILES string of the molecule is C.Nc1cc(Cl)c(N)cc1Cl.O=C(Cl)c1cc2ccccc2c(N=Nc2ccc(Cl)cc2Cl)c1O.O=C(Nc1cc(Cl)c(NC(=O)c2cc3ccccc3c(N=Nc3ccc(Cl)cc3Cl)c2O)cc1Cl)c1cc2ccccc2c(N=Nc2ccc(Cl)cc2Cl)c1O.[B]. The third-order valence-corrected chi connectivity index (χ3v) is 16.0. The number of aromatic hydroxyl groups is 3. The number of hydrogen-bond acceptors (Lipinski definition) is 14. The van der Waals surface area contributed by atoms with Gasteiger partial charge in [0.1, 0.15) is 34.1 Å². The van der Waals surface area contributed by atoms with Crippen molar-refractivity contribution in [1.29, 1.82) is 0 Å². The van der Waals surface area contributed by atoms with Gasteiger partial charge in [-0.2, -0.15) is 0 Å². The second-order valence-corrected chi connectivity index (χ2v) is 23.3. The van der Waals surface area contributed by atoms with Crippen molar-refractivity contribution in [2.45, 2.75) is 7.43 Å². The summed E-state index contributed by atoms with van der Waals surface area (Å²) < 4.78 is 0. The number of phenols is 3. The minimum Gasteiger partial charge on any atom is -0.505 e. The average Bonchev–Trinajstić information content (AvgIpc) is 0.796. The van der Waals surface area contributed by atoms with Gasteiger partial charge in [0, 0.05) is 39.6 Å². The summed E-state index contributed by atoms with van der Waals surface area (Å²) in [4.78, 5) is 38.8. The van der Waals surface area contributed by atoms with Gasteiger partial charge in [0.15, 0.2) is 17.2 Å². The molecule has 11 rings (SSSR count). The summed E-state index contributed by atoms with van der Waals surface area (Å²) in [6.45, 7) is 0. The van der Waals surface area contributed by atoms with Gasteiger partial charge in [0.25, 0.3) is 17.1 Å². The highest BCUT2D eigenvalue weighted by atomic mass is 35.5. The van der Waals surface area contributed by atoms with E-state index in [1.807, 2.05) is 0 Å². The molecule has 0 saturated heterocycles. The fourth-order valence-electron chi connectivity index (χ4n) is 8.45. The molecule has 92 heavy (non-hydrogen) atoms. The van der Waals surface area contributed by atoms with E-state index < -0.39 is 28.6 Å². The van der Waals surface area contributed by atoms with Gasteiger partial charge in [-0.15, -0.1) is 30.7 Å². The zero-order valence-electron chi connectivity index (χ0n) is 45.8. The molecule has 11 aromatic rings. The standard InChI is InChI=1S/C40H22Cl6N6O4.C17H9Cl3N2O2.C6H6Cl2N2.CH4.B/c41-21-9-11-31(27(43)15-21)49-51-35-23-7-3-1-5-19(23)13-25(37(35)53)39(55)47-33-17-30(46)34(18-29(33)45)48-40(56)26-14-20-6-2-4-8-24(20)36(38(26)54)52-50-32-12-10-22(42)16-28(32)44;18-10-5-6-14(13(19)8-10)21-22-15-11-4-2-1-3-9(11)7-12(16(15)23)17(20)24;7-3-1-5(9)4(8)2-6(3)10;;/h1-18,53-54H,(H,47,55)(H,48,56);1-8,23H;1-2H,9-10H2;1H4;. The molecule has 0 saturated carbocycles. The Morgan fingerprint density at radius 2 is 0.652 bits per heavy atom. The number of nitrogens with one attached hydrogen (secondary N) is 2. The van der Waals surface area contributed by atoms with Crippen molar-refractivity contribution in [3.05, 3.63) is 237 Å². The Morgan fingerprint density at radius 1 is 0.359 bits per heavy atom. The van der Waals surface area contributed by atoms with Crippen molar-refractivity contribution in [1.82, 2.24) is 0 Å². The summed E-state index contributed by atoms with van der Waals surface area (Å²) in [7, 11) is 0. The van der Waals surface area contributed by atoms with Crippen LogP contribution in [0, 0.1) is 0 Å². The van der Waals surface area contributed by atoms with Crippen LogP contribution in [0.3, 0.4) is 0 Å². The molecular weight excluding hydrogens is 1410 g/mol. The van der Waals surface area contributed by atoms with E-state index in [9.17, 15) is 29.7 Å². The second kappa shape index (κ2) is 31.5. The molecule has 0 aliphatic carbocycles. The number of anilines is 4. The molecule has 0 aromatic heterocycles. The van der Waals surface area contributed by atoms with Gasteiger partial charge in [0.05, 0.1) is 74.6 Å². The highest BCUT2D eigenvalue weighted by molar-refractivity contribution is 6.68. The number of halogens is 11. The van der Waals surface area contributed by atoms with E-state index in [4.69, 9.17) is 139 Å². The lowest BCUT2D eigenvalue weighted by atomic mass is 10.0. The van der Waals surface area contributed by atoms with Crippen molar-refractivity contribution in [3.8, 4) is 17.2 Å². The highest BCUT2D eigenvalue weighted by Gasteiger charge is 2.24. The minimum atomic E-state index is -0.778. The van der Waals surface area contributed by atoms with Gasteiger partial charge < -0.3 is 37.4 Å². The molecule has 0 spiro atoms. The predicted octanol–water partition coefficient (Wildman–Crippen LogP) is 23.7. The lowest BCUT2D eigenvalue weighted by molar-refractivity contribution is 0.101. The van der Waals surface area contributed by atoms with Crippen LogP contribution in [0.25, 0.3) is 32.3 Å². The molecule has 0 unspecified atom stereocenters.